The van der Waals surface area contributed by atoms with Crippen molar-refractivity contribution in [1.29, 1.82) is 0 Å². The van der Waals surface area contributed by atoms with Crippen molar-refractivity contribution < 1.29 is 36.8 Å². The molecule has 3 aromatic carbocycles. The zero-order valence-electron chi connectivity index (χ0n) is 16.8. The van der Waals surface area contributed by atoms with E-state index in [4.69, 9.17) is 14.2 Å². The molecule has 0 atom stereocenters. The quantitative estimate of drug-likeness (QED) is 0.116. The summed E-state index contributed by atoms with van der Waals surface area (Å²) in [6.07, 6.45) is 0. The van der Waals surface area contributed by atoms with Crippen LogP contribution in [0, 0.1) is 10.7 Å². The summed E-state index contributed by atoms with van der Waals surface area (Å²) in [5.41, 5.74) is 0.288. The van der Waals surface area contributed by atoms with E-state index in [0.717, 1.165) is 0 Å². The molecule has 0 spiro atoms. The van der Waals surface area contributed by atoms with Crippen LogP contribution in [0.1, 0.15) is 17.3 Å². The van der Waals surface area contributed by atoms with Gasteiger partial charge in [0.15, 0.2) is 5.75 Å². The normalized spacial score (nSPS) is 11.3. The number of carbonyl (C=O) groups is 2. The van der Waals surface area contributed by atoms with Gasteiger partial charge in [-0.05, 0) is 86.0 Å². The van der Waals surface area contributed by atoms with Crippen LogP contribution < -0.4 is 9.47 Å². The van der Waals surface area contributed by atoms with Gasteiger partial charge in [-0.15, -0.1) is 0 Å². The molecule has 0 aliphatic heterocycles. The number of ether oxygens (including phenoxy) is 3. The highest BCUT2D eigenvalue weighted by Gasteiger charge is 2.23. The molecule has 174 valence electrons. The maximum Gasteiger partial charge on any atom is 0.340 e. The van der Waals surface area contributed by atoms with Crippen LogP contribution in [-0.2, 0) is 19.6 Å². The van der Waals surface area contributed by atoms with Gasteiger partial charge in [-0.2, -0.15) is 8.42 Å². The molecule has 0 saturated carbocycles. The van der Waals surface area contributed by atoms with Gasteiger partial charge >= 0.3 is 11.9 Å². The summed E-state index contributed by atoms with van der Waals surface area (Å²) in [5.74, 6) is -0.405. The molecule has 0 amide bonds. The second-order valence-electron chi connectivity index (χ2n) is 6.52. The molecule has 0 heterocycles. The van der Waals surface area contributed by atoms with Crippen molar-refractivity contribution in [3.05, 3.63) is 58.7 Å². The molecule has 0 fully saturated rings. The topological polar surface area (TPSA) is 116 Å². The second kappa shape index (κ2) is 11.0. The molecule has 0 bridgehead atoms. The first-order valence-corrected chi connectivity index (χ1v) is 13.8. The van der Waals surface area contributed by atoms with E-state index in [0.29, 0.717) is 33.0 Å². The fourth-order valence-corrected chi connectivity index (χ4v) is 7.68. The van der Waals surface area contributed by atoms with Gasteiger partial charge < -0.3 is 14.2 Å². The lowest BCUT2D eigenvalue weighted by atomic mass is 10.1. The van der Waals surface area contributed by atoms with E-state index in [2.05, 4.69) is 0 Å². The Morgan fingerprint density at radius 1 is 0.970 bits per heavy atom. The van der Waals surface area contributed by atoms with E-state index in [1.54, 1.807) is 30.3 Å². The predicted molar refractivity (Wildman–Crippen MR) is 145 cm³/mol. The second-order valence-corrected chi connectivity index (χ2v) is 11.3. The first-order valence-electron chi connectivity index (χ1n) is 9.15. The molecule has 1 N–H and O–H groups in total. The molecule has 0 unspecified atom stereocenters. The molecule has 8 nitrogen and oxygen atoms in total. The van der Waals surface area contributed by atoms with Gasteiger partial charge in [0.1, 0.15) is 23.9 Å². The van der Waals surface area contributed by atoms with Crippen LogP contribution in [0.3, 0.4) is 0 Å². The summed E-state index contributed by atoms with van der Waals surface area (Å²) in [4.78, 5) is 23.9. The fraction of sp³-hybridized carbons (Fsp3) is 0.143. The SMILES string of the molecule is CC(=O)Oc1c(I)cc(I)c(C(=O)OCCOc2ccc(S(=O)(=O)O)c3ccccc23)c1I. The Kier molecular flexibility index (Phi) is 8.79. The minimum atomic E-state index is -4.39. The Balaban J connectivity index is 1.73. The third kappa shape index (κ3) is 6.26. The zero-order valence-corrected chi connectivity index (χ0v) is 24.1. The van der Waals surface area contributed by atoms with Crippen molar-refractivity contribution in [2.75, 3.05) is 13.2 Å². The molecule has 0 aromatic heterocycles. The van der Waals surface area contributed by atoms with Crippen molar-refractivity contribution in [2.24, 2.45) is 0 Å². The highest BCUT2D eigenvalue weighted by atomic mass is 127. The first kappa shape index (κ1) is 26.4. The monoisotopic (exact) mass is 808 g/mol. The zero-order chi connectivity index (χ0) is 24.3. The Morgan fingerprint density at radius 3 is 2.27 bits per heavy atom. The summed E-state index contributed by atoms with van der Waals surface area (Å²) in [6, 6.07) is 11.0. The van der Waals surface area contributed by atoms with E-state index in [-0.39, 0.29) is 23.7 Å². The third-order valence-corrected chi connectivity index (χ3v) is 7.87. The molecule has 3 aromatic rings. The summed E-state index contributed by atoms with van der Waals surface area (Å²) < 4.78 is 50.8. The summed E-state index contributed by atoms with van der Waals surface area (Å²) in [6.45, 7) is 1.22. The average molecular weight is 808 g/mol. The van der Waals surface area contributed by atoms with E-state index >= 15 is 0 Å². The lowest BCUT2D eigenvalue weighted by Gasteiger charge is -2.14. The maximum atomic E-state index is 12.7. The van der Waals surface area contributed by atoms with Gasteiger partial charge in [0.2, 0.25) is 0 Å². The lowest BCUT2D eigenvalue weighted by Crippen LogP contribution is -2.16. The summed E-state index contributed by atoms with van der Waals surface area (Å²) in [5, 5.41) is 0.808. The van der Waals surface area contributed by atoms with Gasteiger partial charge in [-0.25, -0.2) is 4.79 Å². The smallest absolute Gasteiger partial charge is 0.340 e. The van der Waals surface area contributed by atoms with E-state index in [1.807, 2.05) is 67.8 Å². The van der Waals surface area contributed by atoms with Gasteiger partial charge in [-0.3, -0.25) is 9.35 Å². The molecule has 0 saturated heterocycles. The van der Waals surface area contributed by atoms with Gasteiger partial charge in [0.05, 0.1) is 12.7 Å². The van der Waals surface area contributed by atoms with E-state index < -0.39 is 22.1 Å². The molecule has 3 rings (SSSR count). The first-order chi connectivity index (χ1) is 15.5. The van der Waals surface area contributed by atoms with Crippen molar-refractivity contribution in [2.45, 2.75) is 11.8 Å². The molecule has 0 radical (unpaired) electrons. The maximum absolute atomic E-state index is 12.7. The van der Waals surface area contributed by atoms with Crippen molar-refractivity contribution >= 4 is 101 Å². The lowest BCUT2D eigenvalue weighted by molar-refractivity contribution is -0.132. The fourth-order valence-electron chi connectivity index (χ4n) is 2.95. The van der Waals surface area contributed by atoms with Crippen LogP contribution in [0.5, 0.6) is 11.5 Å². The number of rotatable bonds is 7. The van der Waals surface area contributed by atoms with Crippen LogP contribution >= 0.6 is 67.8 Å². The Hall–Kier alpha value is -1.24. The average Bonchev–Trinajstić information content (AvgIpc) is 2.73. The van der Waals surface area contributed by atoms with Gasteiger partial charge in [-0.1, -0.05) is 24.3 Å². The number of carbonyl (C=O) groups excluding carboxylic acids is 2. The van der Waals surface area contributed by atoms with Crippen LogP contribution in [0.2, 0.25) is 0 Å². The third-order valence-electron chi connectivity index (χ3n) is 4.27. The standard InChI is InChI=1S/C21H15I3O8S/c1-11(25)32-20-15(23)10-14(22)18(19(20)24)21(26)31-9-8-30-16-6-7-17(33(27,28)29)13-5-3-2-4-12(13)16/h2-7,10H,8-9H2,1H3,(H,27,28,29). The van der Waals surface area contributed by atoms with Crippen LogP contribution in [-0.4, -0.2) is 38.1 Å². The molecular formula is C21H15I3O8S. The Bertz CT molecular complexity index is 1360. The predicted octanol–water partition coefficient (Wildman–Crippen LogP) is 5.06. The Morgan fingerprint density at radius 2 is 1.64 bits per heavy atom. The highest BCUT2D eigenvalue weighted by molar-refractivity contribution is 14.1. The molecular weight excluding hydrogens is 793 g/mol. The summed E-state index contributed by atoms with van der Waals surface area (Å²) >= 11 is 5.98. The van der Waals surface area contributed by atoms with Crippen LogP contribution in [0.25, 0.3) is 10.8 Å². The van der Waals surface area contributed by atoms with Crippen molar-refractivity contribution in [3.8, 4) is 11.5 Å². The van der Waals surface area contributed by atoms with E-state index in [1.165, 1.54) is 19.1 Å². The number of hydrogen-bond donors (Lipinski definition) is 1. The molecule has 33 heavy (non-hydrogen) atoms. The minimum Gasteiger partial charge on any atom is -0.489 e. The number of esters is 2. The van der Waals surface area contributed by atoms with Crippen molar-refractivity contribution in [1.82, 2.24) is 0 Å². The minimum absolute atomic E-state index is 0.00921. The number of halogens is 3. The van der Waals surface area contributed by atoms with Crippen LogP contribution in [0.4, 0.5) is 0 Å². The summed E-state index contributed by atoms with van der Waals surface area (Å²) in [7, 11) is -4.39. The van der Waals surface area contributed by atoms with E-state index in [9.17, 15) is 22.6 Å². The number of benzene rings is 3. The van der Waals surface area contributed by atoms with Crippen molar-refractivity contribution in [3.63, 3.8) is 0 Å². The molecule has 12 heteroatoms. The van der Waals surface area contributed by atoms with Gasteiger partial charge in [0, 0.05) is 21.3 Å². The largest absolute Gasteiger partial charge is 0.489 e. The molecule has 0 aliphatic carbocycles. The van der Waals surface area contributed by atoms with Crippen LogP contribution in [0.15, 0.2) is 47.4 Å². The molecule has 0 aliphatic rings. The number of fused-ring (bicyclic) bond motifs is 1. The Labute approximate surface area is 230 Å². The van der Waals surface area contributed by atoms with Gasteiger partial charge in [0.25, 0.3) is 10.1 Å². The highest BCUT2D eigenvalue weighted by Crippen LogP contribution is 2.34. The number of hydrogen-bond acceptors (Lipinski definition) is 7.